The summed E-state index contributed by atoms with van der Waals surface area (Å²) in [6.45, 7) is 0.419. The number of halogens is 1. The highest BCUT2D eigenvalue weighted by Crippen LogP contribution is 2.18. The minimum atomic E-state index is -0.414. The van der Waals surface area contributed by atoms with E-state index in [0.29, 0.717) is 29.2 Å². The third-order valence-corrected chi connectivity index (χ3v) is 5.04. The van der Waals surface area contributed by atoms with E-state index in [-0.39, 0.29) is 5.91 Å². The van der Waals surface area contributed by atoms with Crippen LogP contribution in [0.15, 0.2) is 108 Å². The molecule has 0 saturated carbocycles. The van der Waals surface area contributed by atoms with Gasteiger partial charge >= 0.3 is 0 Å². The van der Waals surface area contributed by atoms with Crippen molar-refractivity contribution in [1.82, 2.24) is 5.43 Å². The van der Waals surface area contributed by atoms with Gasteiger partial charge in [-0.05, 0) is 66.2 Å². The first-order valence-corrected chi connectivity index (χ1v) is 10.8. The number of hydrogen-bond acceptors (Lipinski definition) is 4. The minimum absolute atomic E-state index is 0.329. The number of nitrogens with zero attached hydrogens (tertiary/aromatic N) is 1. The van der Waals surface area contributed by atoms with Crippen LogP contribution < -0.4 is 15.5 Å². The van der Waals surface area contributed by atoms with Gasteiger partial charge in [0.05, 0.1) is 6.21 Å². The zero-order chi connectivity index (χ0) is 24.5. The fourth-order valence-corrected chi connectivity index (χ4v) is 3.19. The van der Waals surface area contributed by atoms with Crippen LogP contribution in [0.1, 0.15) is 31.8 Å². The maximum absolute atomic E-state index is 13.0. The van der Waals surface area contributed by atoms with Crippen molar-refractivity contribution in [2.75, 3.05) is 5.32 Å². The first-order valence-electron chi connectivity index (χ1n) is 10.8. The van der Waals surface area contributed by atoms with Gasteiger partial charge in [-0.25, -0.2) is 9.82 Å². The molecule has 6 nitrogen and oxygen atoms in total. The topological polar surface area (TPSA) is 79.8 Å². The third kappa shape index (κ3) is 6.61. The number of nitrogens with one attached hydrogen (secondary N) is 2. The molecule has 0 bridgehead atoms. The number of amides is 2. The number of hydrazone groups is 1. The van der Waals surface area contributed by atoms with Gasteiger partial charge in [-0.15, -0.1) is 0 Å². The van der Waals surface area contributed by atoms with Crippen LogP contribution in [0.2, 0.25) is 0 Å². The van der Waals surface area contributed by atoms with Crippen molar-refractivity contribution in [3.8, 4) is 5.75 Å². The molecule has 4 rings (SSSR count). The van der Waals surface area contributed by atoms with Crippen molar-refractivity contribution in [2.45, 2.75) is 6.61 Å². The highest BCUT2D eigenvalue weighted by atomic mass is 19.1. The number of ether oxygens (including phenoxy) is 1. The SMILES string of the molecule is O=C(NN=Cc1ccccc1OCc1ccccc1)c1ccc(NC(=O)c2ccc(F)cc2)cc1. The molecule has 0 atom stereocenters. The minimum Gasteiger partial charge on any atom is -0.488 e. The molecule has 0 radical (unpaired) electrons. The maximum atomic E-state index is 13.0. The summed E-state index contributed by atoms with van der Waals surface area (Å²) < 4.78 is 18.9. The Morgan fingerprint density at radius 2 is 1.40 bits per heavy atom. The zero-order valence-corrected chi connectivity index (χ0v) is 18.6. The van der Waals surface area contributed by atoms with Gasteiger partial charge in [0.15, 0.2) is 0 Å². The molecule has 0 aliphatic heterocycles. The van der Waals surface area contributed by atoms with E-state index in [9.17, 15) is 14.0 Å². The molecular formula is C28H22FN3O3. The summed E-state index contributed by atoms with van der Waals surface area (Å²) in [6.07, 6.45) is 1.52. The summed E-state index contributed by atoms with van der Waals surface area (Å²) in [7, 11) is 0. The number of anilines is 1. The Bertz CT molecular complexity index is 1320. The maximum Gasteiger partial charge on any atom is 0.271 e. The van der Waals surface area contributed by atoms with E-state index < -0.39 is 11.7 Å². The van der Waals surface area contributed by atoms with Gasteiger partial charge in [-0.3, -0.25) is 9.59 Å². The summed E-state index contributed by atoms with van der Waals surface area (Å²) in [5.41, 5.74) is 5.47. The summed E-state index contributed by atoms with van der Waals surface area (Å²) in [5, 5.41) is 6.75. The Morgan fingerprint density at radius 1 is 0.771 bits per heavy atom. The van der Waals surface area contributed by atoms with Crippen LogP contribution in [0.25, 0.3) is 0 Å². The molecule has 2 amide bonds. The van der Waals surface area contributed by atoms with E-state index >= 15 is 0 Å². The molecular weight excluding hydrogens is 445 g/mol. The van der Waals surface area contributed by atoms with Crippen LogP contribution in [-0.2, 0) is 6.61 Å². The van der Waals surface area contributed by atoms with E-state index in [1.54, 1.807) is 24.3 Å². The van der Waals surface area contributed by atoms with Crippen LogP contribution in [-0.4, -0.2) is 18.0 Å². The van der Waals surface area contributed by atoms with Gasteiger partial charge in [0.2, 0.25) is 0 Å². The highest BCUT2D eigenvalue weighted by Gasteiger charge is 2.08. The number of carbonyl (C=O) groups is 2. The monoisotopic (exact) mass is 467 g/mol. The fraction of sp³-hybridized carbons (Fsp3) is 0.0357. The van der Waals surface area contributed by atoms with Crippen molar-refractivity contribution in [3.05, 3.63) is 131 Å². The predicted octanol–water partition coefficient (Wildman–Crippen LogP) is 5.42. The van der Waals surface area contributed by atoms with Gasteiger partial charge in [-0.2, -0.15) is 5.10 Å². The number of benzene rings is 4. The van der Waals surface area contributed by atoms with Gasteiger partial charge in [0.1, 0.15) is 18.2 Å². The van der Waals surface area contributed by atoms with Crippen molar-refractivity contribution >= 4 is 23.7 Å². The molecule has 0 spiro atoms. The lowest BCUT2D eigenvalue weighted by atomic mass is 10.1. The standard InChI is InChI=1S/C28H22FN3O3/c29-24-14-10-21(11-15-24)27(33)31-25-16-12-22(13-17-25)28(34)32-30-18-23-8-4-5-9-26(23)35-19-20-6-2-1-3-7-20/h1-18H,19H2,(H,31,33)(H,32,34). The molecule has 0 unspecified atom stereocenters. The molecule has 0 aliphatic rings. The number of carbonyl (C=O) groups excluding carboxylic acids is 2. The highest BCUT2D eigenvalue weighted by molar-refractivity contribution is 6.04. The van der Waals surface area contributed by atoms with E-state index in [0.717, 1.165) is 11.1 Å². The van der Waals surface area contributed by atoms with Gasteiger partial charge in [0.25, 0.3) is 11.8 Å². The molecule has 35 heavy (non-hydrogen) atoms. The Balaban J connectivity index is 1.32. The lowest BCUT2D eigenvalue weighted by Crippen LogP contribution is -2.18. The number of hydrogen-bond donors (Lipinski definition) is 2. The van der Waals surface area contributed by atoms with E-state index in [4.69, 9.17) is 4.74 Å². The second-order valence-corrected chi connectivity index (χ2v) is 7.55. The van der Waals surface area contributed by atoms with E-state index in [2.05, 4.69) is 15.8 Å². The number of para-hydroxylation sites is 1. The number of rotatable bonds is 8. The van der Waals surface area contributed by atoms with Crippen LogP contribution in [0, 0.1) is 5.82 Å². The lowest BCUT2D eigenvalue weighted by molar-refractivity contribution is 0.0954. The summed E-state index contributed by atoms with van der Waals surface area (Å²) in [5.74, 6) is -0.543. The molecule has 174 valence electrons. The molecule has 0 aliphatic carbocycles. The average molecular weight is 468 g/mol. The first kappa shape index (κ1) is 23.4. The van der Waals surface area contributed by atoms with Gasteiger partial charge in [-0.1, -0.05) is 42.5 Å². The van der Waals surface area contributed by atoms with Crippen LogP contribution in [0.4, 0.5) is 10.1 Å². The quantitative estimate of drug-likeness (QED) is 0.268. The Hall–Kier alpha value is -4.78. The van der Waals surface area contributed by atoms with E-state index in [1.165, 1.54) is 30.5 Å². The molecule has 4 aromatic carbocycles. The molecule has 0 fully saturated rings. The first-order chi connectivity index (χ1) is 17.1. The molecule has 0 saturated heterocycles. The molecule has 2 N–H and O–H groups in total. The van der Waals surface area contributed by atoms with Crippen LogP contribution >= 0.6 is 0 Å². The second kappa shape index (κ2) is 11.4. The largest absolute Gasteiger partial charge is 0.488 e. The third-order valence-electron chi connectivity index (χ3n) is 5.04. The summed E-state index contributed by atoms with van der Waals surface area (Å²) in [6, 6.07) is 28.8. The van der Waals surface area contributed by atoms with Crippen molar-refractivity contribution in [2.24, 2.45) is 5.10 Å². The zero-order valence-electron chi connectivity index (χ0n) is 18.6. The second-order valence-electron chi connectivity index (χ2n) is 7.55. The van der Waals surface area contributed by atoms with Crippen LogP contribution in [0.5, 0.6) is 5.75 Å². The lowest BCUT2D eigenvalue weighted by Gasteiger charge is -2.09. The van der Waals surface area contributed by atoms with Crippen molar-refractivity contribution in [1.29, 1.82) is 0 Å². The summed E-state index contributed by atoms with van der Waals surface area (Å²) in [4.78, 5) is 24.7. The van der Waals surface area contributed by atoms with Gasteiger partial charge in [0, 0.05) is 22.4 Å². The smallest absolute Gasteiger partial charge is 0.271 e. The molecule has 7 heteroatoms. The van der Waals surface area contributed by atoms with Crippen LogP contribution in [0.3, 0.4) is 0 Å². The van der Waals surface area contributed by atoms with Crippen molar-refractivity contribution < 1.29 is 18.7 Å². The normalized spacial score (nSPS) is 10.7. The Labute approximate surface area is 202 Å². The van der Waals surface area contributed by atoms with E-state index in [1.807, 2.05) is 54.6 Å². The van der Waals surface area contributed by atoms with Crippen molar-refractivity contribution in [3.63, 3.8) is 0 Å². The predicted molar refractivity (Wildman–Crippen MR) is 133 cm³/mol. The molecule has 0 aromatic heterocycles. The Morgan fingerprint density at radius 3 is 2.14 bits per heavy atom. The van der Waals surface area contributed by atoms with Gasteiger partial charge < -0.3 is 10.1 Å². The average Bonchev–Trinajstić information content (AvgIpc) is 2.89. The Kier molecular flexibility index (Phi) is 7.60. The molecule has 0 heterocycles. The fourth-order valence-electron chi connectivity index (χ4n) is 3.19. The molecule has 4 aromatic rings. The summed E-state index contributed by atoms with van der Waals surface area (Å²) >= 11 is 0.